The molecule has 3 N–H and O–H groups in total. The van der Waals surface area contributed by atoms with E-state index in [2.05, 4.69) is 20.4 Å². The molecular weight excluding hydrogens is 200 g/mol. The molecule has 7 nitrogen and oxygen atoms in total. The zero-order valence-electron chi connectivity index (χ0n) is 7.44. The van der Waals surface area contributed by atoms with E-state index in [9.17, 15) is 4.79 Å². The number of rotatable bonds is 1. The lowest BCUT2D eigenvalue weighted by Crippen LogP contribution is -2.10. The van der Waals surface area contributed by atoms with Crippen molar-refractivity contribution in [3.63, 3.8) is 0 Å². The lowest BCUT2D eigenvalue weighted by Gasteiger charge is -2.10. The minimum absolute atomic E-state index is 0.112. The van der Waals surface area contributed by atoms with Crippen molar-refractivity contribution >= 4 is 11.7 Å². The van der Waals surface area contributed by atoms with E-state index in [4.69, 9.17) is 9.63 Å². The maximum atomic E-state index is 10.8. The predicted molar refractivity (Wildman–Crippen MR) is 48.4 cm³/mol. The summed E-state index contributed by atoms with van der Waals surface area (Å²) < 4.78 is 4.96. The van der Waals surface area contributed by atoms with E-state index in [1.807, 2.05) is 0 Å². The van der Waals surface area contributed by atoms with Gasteiger partial charge in [-0.3, -0.25) is 0 Å². The van der Waals surface area contributed by atoms with Gasteiger partial charge >= 0.3 is 5.97 Å². The summed E-state index contributed by atoms with van der Waals surface area (Å²) in [4.78, 5) is 17.8. The average Bonchev–Trinajstić information content (AvgIpc) is 2.82. The van der Waals surface area contributed by atoms with Crippen LogP contribution in [0.3, 0.4) is 0 Å². The van der Waals surface area contributed by atoms with Gasteiger partial charge in [0.1, 0.15) is 11.4 Å². The highest BCUT2D eigenvalue weighted by Gasteiger charge is 2.28. The van der Waals surface area contributed by atoms with Crippen LogP contribution in [0.2, 0.25) is 0 Å². The third kappa shape index (κ3) is 0.967. The van der Waals surface area contributed by atoms with E-state index in [-0.39, 0.29) is 5.69 Å². The van der Waals surface area contributed by atoms with Crippen LogP contribution in [0.5, 0.6) is 0 Å². The molecule has 0 aromatic carbocycles. The number of fused-ring (bicyclic) bond motifs is 3. The number of anilines is 1. The Hall–Kier alpha value is -2.31. The number of H-pyrrole nitrogens is 1. The van der Waals surface area contributed by atoms with Gasteiger partial charge in [-0.15, -0.1) is 0 Å². The van der Waals surface area contributed by atoms with E-state index in [0.717, 1.165) is 5.69 Å². The number of hydrogen-bond donors (Lipinski definition) is 3. The van der Waals surface area contributed by atoms with Crippen molar-refractivity contribution in [1.82, 2.24) is 15.1 Å². The van der Waals surface area contributed by atoms with Crippen molar-refractivity contribution in [2.75, 3.05) is 5.32 Å². The van der Waals surface area contributed by atoms with Gasteiger partial charge in [-0.05, 0) is 0 Å². The molecule has 0 bridgehead atoms. The monoisotopic (exact) mass is 206 g/mol. The Kier molecular flexibility index (Phi) is 1.39. The largest absolute Gasteiger partial charge is 0.476 e. The standard InChI is InChI=1S/C8H6N4O3/c13-8(14)6-5-7(15-12-6)4-3(1-9-5)10-2-11-4/h2,9H,1H2,(H,10,11)(H,13,14). The highest BCUT2D eigenvalue weighted by molar-refractivity contribution is 5.96. The fourth-order valence-corrected chi connectivity index (χ4v) is 1.59. The number of carboxylic acids is 1. The molecule has 0 saturated carbocycles. The Bertz CT molecular complexity index is 542. The SMILES string of the molecule is O=C(O)c1noc2c1NCc1[nH]cnc1-2. The number of aromatic amines is 1. The Morgan fingerprint density at radius 3 is 3.27 bits per heavy atom. The van der Waals surface area contributed by atoms with E-state index in [1.54, 1.807) is 0 Å². The fourth-order valence-electron chi connectivity index (χ4n) is 1.59. The highest BCUT2D eigenvalue weighted by Crippen LogP contribution is 2.35. The van der Waals surface area contributed by atoms with Crippen LogP contribution in [-0.2, 0) is 6.54 Å². The predicted octanol–water partition coefficient (Wildman–Crippen LogP) is 0.688. The van der Waals surface area contributed by atoms with Crippen LogP contribution in [0.4, 0.5) is 5.69 Å². The first-order valence-corrected chi connectivity index (χ1v) is 4.27. The van der Waals surface area contributed by atoms with Crippen molar-refractivity contribution in [2.45, 2.75) is 6.54 Å². The summed E-state index contributed by atoms with van der Waals surface area (Å²) in [5.41, 5.74) is 1.75. The van der Waals surface area contributed by atoms with Gasteiger partial charge in [-0.2, -0.15) is 0 Å². The number of aromatic nitrogens is 3. The maximum Gasteiger partial charge on any atom is 0.360 e. The number of hydrogen-bond acceptors (Lipinski definition) is 5. The molecule has 0 unspecified atom stereocenters. The van der Waals surface area contributed by atoms with Crippen LogP contribution in [0.15, 0.2) is 10.9 Å². The Labute approximate surface area is 83.1 Å². The molecule has 0 aliphatic carbocycles. The molecule has 3 rings (SSSR count). The number of imidazole rings is 1. The van der Waals surface area contributed by atoms with Crippen LogP contribution in [-0.4, -0.2) is 26.2 Å². The van der Waals surface area contributed by atoms with Gasteiger partial charge in [-0.1, -0.05) is 5.16 Å². The van der Waals surface area contributed by atoms with Gasteiger partial charge in [0, 0.05) is 0 Å². The summed E-state index contributed by atoms with van der Waals surface area (Å²) in [5.74, 6) is -0.749. The van der Waals surface area contributed by atoms with Gasteiger partial charge in [0.2, 0.25) is 11.5 Å². The third-order valence-corrected chi connectivity index (χ3v) is 2.27. The molecule has 1 aliphatic heterocycles. The first-order chi connectivity index (χ1) is 7.27. The molecule has 0 fully saturated rings. The normalized spacial score (nSPS) is 12.8. The molecule has 76 valence electrons. The zero-order chi connectivity index (χ0) is 10.4. The molecule has 0 atom stereocenters. The molecule has 2 aromatic heterocycles. The molecule has 0 radical (unpaired) electrons. The second-order valence-electron chi connectivity index (χ2n) is 3.12. The number of carboxylic acid groups (broad SMARTS) is 1. The molecule has 2 aromatic rings. The average molecular weight is 206 g/mol. The van der Waals surface area contributed by atoms with E-state index in [0.29, 0.717) is 23.7 Å². The molecular formula is C8H6N4O3. The van der Waals surface area contributed by atoms with Gasteiger partial charge in [0.05, 0.1) is 18.6 Å². The van der Waals surface area contributed by atoms with Crippen LogP contribution in [0.25, 0.3) is 11.5 Å². The van der Waals surface area contributed by atoms with Crippen molar-refractivity contribution in [3.05, 3.63) is 17.7 Å². The summed E-state index contributed by atoms with van der Waals surface area (Å²) in [6.45, 7) is 0.490. The molecule has 0 saturated heterocycles. The number of nitrogens with one attached hydrogen (secondary N) is 2. The van der Waals surface area contributed by atoms with Crippen molar-refractivity contribution in [1.29, 1.82) is 0 Å². The summed E-state index contributed by atoms with van der Waals surface area (Å²) in [6, 6.07) is 0. The summed E-state index contributed by atoms with van der Waals surface area (Å²) in [5, 5.41) is 15.2. The van der Waals surface area contributed by atoms with Gasteiger partial charge in [0.25, 0.3) is 0 Å². The Morgan fingerprint density at radius 1 is 1.60 bits per heavy atom. The highest BCUT2D eigenvalue weighted by atomic mass is 16.5. The summed E-state index contributed by atoms with van der Waals surface area (Å²) in [6.07, 6.45) is 1.53. The van der Waals surface area contributed by atoms with E-state index < -0.39 is 5.97 Å². The molecule has 0 spiro atoms. The number of nitrogens with zero attached hydrogens (tertiary/aromatic N) is 2. The topological polar surface area (TPSA) is 104 Å². The van der Waals surface area contributed by atoms with E-state index in [1.165, 1.54) is 6.33 Å². The Morgan fingerprint density at radius 2 is 2.47 bits per heavy atom. The van der Waals surface area contributed by atoms with Gasteiger partial charge in [0.15, 0.2) is 0 Å². The van der Waals surface area contributed by atoms with Crippen molar-refractivity contribution in [2.24, 2.45) is 0 Å². The Balaban J connectivity index is 2.23. The smallest absolute Gasteiger partial charge is 0.360 e. The molecule has 7 heteroatoms. The lowest BCUT2D eigenvalue weighted by atomic mass is 10.1. The number of aromatic carboxylic acids is 1. The number of carbonyl (C=O) groups is 1. The maximum absolute atomic E-state index is 10.8. The molecule has 0 amide bonds. The molecule has 15 heavy (non-hydrogen) atoms. The van der Waals surface area contributed by atoms with Crippen molar-refractivity contribution in [3.8, 4) is 11.5 Å². The third-order valence-electron chi connectivity index (χ3n) is 2.27. The van der Waals surface area contributed by atoms with Gasteiger partial charge in [-0.25, -0.2) is 9.78 Å². The van der Waals surface area contributed by atoms with Crippen LogP contribution < -0.4 is 5.32 Å². The summed E-state index contributed by atoms with van der Waals surface area (Å²) >= 11 is 0. The minimum Gasteiger partial charge on any atom is -0.476 e. The van der Waals surface area contributed by atoms with Crippen LogP contribution in [0.1, 0.15) is 16.2 Å². The quantitative estimate of drug-likeness (QED) is 0.634. The second kappa shape index (κ2) is 2.59. The molecule has 1 aliphatic rings. The van der Waals surface area contributed by atoms with Crippen LogP contribution >= 0.6 is 0 Å². The second-order valence-corrected chi connectivity index (χ2v) is 3.12. The van der Waals surface area contributed by atoms with E-state index >= 15 is 0 Å². The first kappa shape index (κ1) is 8.04. The fraction of sp³-hybridized carbons (Fsp3) is 0.125. The first-order valence-electron chi connectivity index (χ1n) is 4.27. The zero-order valence-corrected chi connectivity index (χ0v) is 7.44. The lowest BCUT2D eigenvalue weighted by molar-refractivity contribution is 0.0686. The summed E-state index contributed by atoms with van der Waals surface area (Å²) in [7, 11) is 0. The van der Waals surface area contributed by atoms with Crippen molar-refractivity contribution < 1.29 is 14.4 Å². The minimum atomic E-state index is -1.12. The van der Waals surface area contributed by atoms with Gasteiger partial charge < -0.3 is 19.9 Å². The molecule has 3 heterocycles. The van der Waals surface area contributed by atoms with Crippen LogP contribution in [0, 0.1) is 0 Å².